The molecule has 2 rings (SSSR count). The fraction of sp³-hybridized carbons (Fsp3) is 1.00. The standard InChI is InChI=1S/C16H33N3/c1-4-15-8-6-7-9-16(15,13-17)19-11-10-18(5-2)14(3)12-19/h14-15H,4-13,17H2,1-3H3. The summed E-state index contributed by atoms with van der Waals surface area (Å²) in [5.41, 5.74) is 6.60. The number of hydrogen-bond donors (Lipinski definition) is 1. The molecule has 2 fully saturated rings. The second-order valence-electron chi connectivity index (χ2n) is 6.58. The molecule has 1 aliphatic carbocycles. The van der Waals surface area contributed by atoms with Crippen LogP contribution in [0.1, 0.15) is 52.9 Å². The number of nitrogens with zero attached hydrogens (tertiary/aromatic N) is 2. The van der Waals surface area contributed by atoms with Gasteiger partial charge in [-0.3, -0.25) is 9.80 Å². The van der Waals surface area contributed by atoms with Crippen LogP contribution in [-0.4, -0.2) is 54.1 Å². The number of piperazine rings is 1. The molecular weight excluding hydrogens is 234 g/mol. The first-order valence-corrected chi connectivity index (χ1v) is 8.37. The third kappa shape index (κ3) is 2.84. The van der Waals surface area contributed by atoms with Crippen molar-refractivity contribution in [3.63, 3.8) is 0 Å². The van der Waals surface area contributed by atoms with Crippen LogP contribution in [0.2, 0.25) is 0 Å². The van der Waals surface area contributed by atoms with Crippen molar-refractivity contribution >= 4 is 0 Å². The first-order valence-electron chi connectivity index (χ1n) is 8.37. The normalized spacial score (nSPS) is 38.5. The molecule has 3 nitrogen and oxygen atoms in total. The lowest BCUT2D eigenvalue weighted by atomic mass is 9.70. The molecule has 0 amide bonds. The van der Waals surface area contributed by atoms with Crippen molar-refractivity contribution in [2.24, 2.45) is 11.7 Å². The first-order chi connectivity index (χ1) is 9.17. The lowest BCUT2D eigenvalue weighted by molar-refractivity contribution is -0.0418. The molecule has 0 bridgehead atoms. The highest BCUT2D eigenvalue weighted by atomic mass is 15.3. The van der Waals surface area contributed by atoms with Crippen LogP contribution >= 0.6 is 0 Å². The summed E-state index contributed by atoms with van der Waals surface area (Å²) in [6, 6.07) is 0.682. The smallest absolute Gasteiger partial charge is 0.0360 e. The average molecular weight is 267 g/mol. The van der Waals surface area contributed by atoms with Crippen LogP contribution in [0.15, 0.2) is 0 Å². The molecule has 3 atom stereocenters. The number of rotatable bonds is 4. The van der Waals surface area contributed by atoms with Crippen LogP contribution in [0.3, 0.4) is 0 Å². The van der Waals surface area contributed by atoms with Gasteiger partial charge in [-0.25, -0.2) is 0 Å². The molecule has 2 aliphatic rings. The maximum Gasteiger partial charge on any atom is 0.0360 e. The van der Waals surface area contributed by atoms with Gasteiger partial charge < -0.3 is 5.73 Å². The summed E-state index contributed by atoms with van der Waals surface area (Å²) < 4.78 is 0. The molecule has 1 saturated heterocycles. The Bertz CT molecular complexity index is 281. The molecule has 3 unspecified atom stereocenters. The summed E-state index contributed by atoms with van der Waals surface area (Å²) in [6.45, 7) is 12.7. The van der Waals surface area contributed by atoms with Crippen LogP contribution in [0, 0.1) is 5.92 Å². The quantitative estimate of drug-likeness (QED) is 0.848. The summed E-state index contributed by atoms with van der Waals surface area (Å²) in [4.78, 5) is 5.36. The van der Waals surface area contributed by atoms with Gasteiger partial charge in [0.15, 0.2) is 0 Å². The molecule has 3 heteroatoms. The highest BCUT2D eigenvalue weighted by Crippen LogP contribution is 2.40. The van der Waals surface area contributed by atoms with Gasteiger partial charge in [0, 0.05) is 37.8 Å². The van der Waals surface area contributed by atoms with Gasteiger partial charge in [-0.15, -0.1) is 0 Å². The minimum Gasteiger partial charge on any atom is -0.329 e. The van der Waals surface area contributed by atoms with Crippen LogP contribution in [0.5, 0.6) is 0 Å². The Morgan fingerprint density at radius 3 is 2.58 bits per heavy atom. The topological polar surface area (TPSA) is 32.5 Å². The van der Waals surface area contributed by atoms with E-state index in [1.54, 1.807) is 0 Å². The van der Waals surface area contributed by atoms with Gasteiger partial charge in [-0.05, 0) is 32.2 Å². The monoisotopic (exact) mass is 267 g/mol. The van der Waals surface area contributed by atoms with Crippen molar-refractivity contribution in [3.8, 4) is 0 Å². The molecule has 0 aromatic heterocycles. The summed E-state index contributed by atoms with van der Waals surface area (Å²) in [5.74, 6) is 0.812. The van der Waals surface area contributed by atoms with Gasteiger partial charge in [-0.2, -0.15) is 0 Å². The second kappa shape index (κ2) is 6.55. The minimum atomic E-state index is 0.307. The van der Waals surface area contributed by atoms with E-state index in [9.17, 15) is 0 Å². The molecule has 0 spiro atoms. The van der Waals surface area contributed by atoms with E-state index < -0.39 is 0 Å². The summed E-state index contributed by atoms with van der Waals surface area (Å²) in [7, 11) is 0. The van der Waals surface area contributed by atoms with Gasteiger partial charge in [0.1, 0.15) is 0 Å². The SMILES string of the molecule is CCC1CCCCC1(CN)N1CCN(CC)C(C)C1. The third-order valence-electron chi connectivity index (χ3n) is 5.82. The molecule has 19 heavy (non-hydrogen) atoms. The fourth-order valence-electron chi connectivity index (χ4n) is 4.56. The van der Waals surface area contributed by atoms with E-state index in [4.69, 9.17) is 5.73 Å². The Balaban J connectivity index is 2.12. The number of likely N-dealkylation sites (N-methyl/N-ethyl adjacent to an activating group) is 1. The largest absolute Gasteiger partial charge is 0.329 e. The van der Waals surface area contributed by atoms with Crippen molar-refractivity contribution in [1.29, 1.82) is 0 Å². The van der Waals surface area contributed by atoms with Gasteiger partial charge in [0.05, 0.1) is 0 Å². The highest BCUT2D eigenvalue weighted by Gasteiger charge is 2.44. The molecule has 112 valence electrons. The Morgan fingerprint density at radius 1 is 1.21 bits per heavy atom. The van der Waals surface area contributed by atoms with Crippen LogP contribution in [0.4, 0.5) is 0 Å². The van der Waals surface area contributed by atoms with Crippen molar-refractivity contribution in [2.75, 3.05) is 32.7 Å². The Hall–Kier alpha value is -0.120. The minimum absolute atomic E-state index is 0.307. The Kier molecular flexibility index (Phi) is 5.27. The van der Waals surface area contributed by atoms with Gasteiger partial charge in [0.25, 0.3) is 0 Å². The van der Waals surface area contributed by atoms with Crippen LogP contribution in [-0.2, 0) is 0 Å². The molecule has 1 heterocycles. The van der Waals surface area contributed by atoms with E-state index in [0.29, 0.717) is 11.6 Å². The number of nitrogens with two attached hydrogens (primary N) is 1. The third-order valence-corrected chi connectivity index (χ3v) is 5.82. The van der Waals surface area contributed by atoms with Gasteiger partial charge in [0.2, 0.25) is 0 Å². The zero-order valence-electron chi connectivity index (χ0n) is 13.2. The van der Waals surface area contributed by atoms with E-state index in [-0.39, 0.29) is 0 Å². The molecule has 1 aliphatic heterocycles. The molecule has 2 N–H and O–H groups in total. The van der Waals surface area contributed by atoms with Crippen molar-refractivity contribution < 1.29 is 0 Å². The van der Waals surface area contributed by atoms with Crippen molar-refractivity contribution in [1.82, 2.24) is 9.80 Å². The summed E-state index contributed by atoms with van der Waals surface area (Å²) in [5, 5.41) is 0. The van der Waals surface area contributed by atoms with E-state index in [0.717, 1.165) is 12.5 Å². The van der Waals surface area contributed by atoms with E-state index in [1.807, 2.05) is 0 Å². The highest BCUT2D eigenvalue weighted by molar-refractivity contribution is 5.01. The Labute approximate surface area is 119 Å². The van der Waals surface area contributed by atoms with E-state index in [2.05, 4.69) is 30.6 Å². The predicted octanol–water partition coefficient (Wildman–Crippen LogP) is 2.31. The second-order valence-corrected chi connectivity index (χ2v) is 6.58. The average Bonchev–Trinajstić information content (AvgIpc) is 2.46. The lowest BCUT2D eigenvalue weighted by Gasteiger charge is -2.55. The molecule has 0 aromatic carbocycles. The van der Waals surface area contributed by atoms with Crippen molar-refractivity contribution in [2.45, 2.75) is 64.5 Å². The van der Waals surface area contributed by atoms with Crippen molar-refractivity contribution in [3.05, 3.63) is 0 Å². The summed E-state index contributed by atoms with van der Waals surface area (Å²) >= 11 is 0. The molecule has 0 radical (unpaired) electrons. The predicted molar refractivity (Wildman–Crippen MR) is 82.3 cm³/mol. The molecule has 0 aromatic rings. The van der Waals surface area contributed by atoms with E-state index >= 15 is 0 Å². The lowest BCUT2D eigenvalue weighted by Crippen LogP contribution is -2.66. The summed E-state index contributed by atoms with van der Waals surface area (Å²) in [6.07, 6.45) is 6.78. The Morgan fingerprint density at radius 2 is 2.00 bits per heavy atom. The maximum atomic E-state index is 6.29. The zero-order chi connectivity index (χ0) is 13.9. The maximum absolute atomic E-state index is 6.29. The first kappa shape index (κ1) is 15.3. The van der Waals surface area contributed by atoms with Gasteiger partial charge in [-0.1, -0.05) is 33.1 Å². The van der Waals surface area contributed by atoms with Gasteiger partial charge >= 0.3 is 0 Å². The van der Waals surface area contributed by atoms with E-state index in [1.165, 1.54) is 58.3 Å². The fourth-order valence-corrected chi connectivity index (χ4v) is 4.56. The van der Waals surface area contributed by atoms with Crippen LogP contribution < -0.4 is 5.73 Å². The number of hydrogen-bond acceptors (Lipinski definition) is 3. The molecule has 1 saturated carbocycles. The van der Waals surface area contributed by atoms with Crippen LogP contribution in [0.25, 0.3) is 0 Å². The zero-order valence-corrected chi connectivity index (χ0v) is 13.2. The molecular formula is C16H33N3.